The first-order valence-electron chi connectivity index (χ1n) is 58.2. The van der Waals surface area contributed by atoms with Gasteiger partial charge in [-0.1, -0.05) is 236 Å². The molecule has 0 radical (unpaired) electrons. The Balaban J connectivity index is 0.000000120. The third-order valence-corrected chi connectivity index (χ3v) is 42.9. The third-order valence-electron chi connectivity index (χ3n) is 42.9. The Morgan fingerprint density at radius 1 is 0.180 bits per heavy atom. The highest BCUT2D eigenvalue weighted by Gasteiger charge is 2.48. The minimum absolute atomic E-state index is 0.648. The van der Waals surface area contributed by atoms with Crippen molar-refractivity contribution in [3.05, 3.63) is 0 Å². The minimum atomic E-state index is 0.648. The van der Waals surface area contributed by atoms with Gasteiger partial charge < -0.3 is 0 Å². The van der Waals surface area contributed by atoms with Gasteiger partial charge >= 0.3 is 0 Å². The van der Waals surface area contributed by atoms with Crippen LogP contribution in [0.3, 0.4) is 0 Å². The Morgan fingerprint density at radius 3 is 0.549 bits per heavy atom. The van der Waals surface area contributed by atoms with E-state index in [1.807, 2.05) is 0 Å². The fourth-order valence-corrected chi connectivity index (χ4v) is 35.9. The van der Waals surface area contributed by atoms with Crippen molar-refractivity contribution in [1.82, 2.24) is 0 Å². The first-order valence-corrected chi connectivity index (χ1v) is 58.2. The monoisotopic (exact) mass is 1690 g/mol. The van der Waals surface area contributed by atoms with E-state index in [9.17, 15) is 0 Å². The van der Waals surface area contributed by atoms with Crippen LogP contribution in [0.25, 0.3) is 0 Å². The second-order valence-electron chi connectivity index (χ2n) is 56.3. The summed E-state index contributed by atoms with van der Waals surface area (Å²) in [5, 5.41) is 0. The molecule has 0 nitrogen and oxygen atoms in total. The van der Waals surface area contributed by atoms with Crippen molar-refractivity contribution in [3.63, 3.8) is 0 Å². The Kier molecular flexibility index (Phi) is 38.1. The van der Waals surface area contributed by atoms with E-state index in [1.54, 1.807) is 244 Å². The molecule has 0 aliphatic heterocycles. The lowest BCUT2D eigenvalue weighted by atomic mass is 9.58. The van der Waals surface area contributed by atoms with Crippen LogP contribution in [0.15, 0.2) is 0 Å². The van der Waals surface area contributed by atoms with Crippen molar-refractivity contribution in [2.45, 2.75) is 505 Å². The molecule has 20 aliphatic rings. The molecular formula is C122H220. The van der Waals surface area contributed by atoms with Crippen molar-refractivity contribution in [3.8, 4) is 0 Å². The average molecular weight is 1690 g/mol. The van der Waals surface area contributed by atoms with Crippen molar-refractivity contribution >= 4 is 0 Å². The quantitative estimate of drug-likeness (QED) is 0.163. The first-order chi connectivity index (χ1) is 58.2. The van der Waals surface area contributed by atoms with E-state index in [0.29, 0.717) is 5.41 Å². The predicted octanol–water partition coefficient (Wildman–Crippen LogP) is 38.2. The molecular weight excluding hydrogens is 1470 g/mol. The Labute approximate surface area is 766 Å². The maximum absolute atomic E-state index is 2.47. The predicted molar refractivity (Wildman–Crippen MR) is 535 cm³/mol. The molecule has 0 saturated heterocycles. The molecule has 0 aromatic heterocycles. The van der Waals surface area contributed by atoms with E-state index in [2.05, 4.69) is 152 Å². The topological polar surface area (TPSA) is 0 Å². The summed E-state index contributed by atoms with van der Waals surface area (Å²) in [5.41, 5.74) is 0.648. The Bertz CT molecular complexity index is 2690. The first kappa shape index (κ1) is 99.5. The molecule has 20 fully saturated rings. The number of hydrogen-bond acceptors (Lipinski definition) is 0. The summed E-state index contributed by atoms with van der Waals surface area (Å²) in [7, 11) is 0. The molecule has 0 spiro atoms. The van der Waals surface area contributed by atoms with Gasteiger partial charge in [0.25, 0.3) is 0 Å². The average Bonchev–Trinajstić information content (AvgIpc) is 1.44. The number of fused-ring (bicyclic) bond motifs is 16. The molecule has 0 aromatic rings. The van der Waals surface area contributed by atoms with E-state index < -0.39 is 0 Å². The fraction of sp³-hybridized carbons (Fsp3) is 1.00. The van der Waals surface area contributed by atoms with Gasteiger partial charge in [0.15, 0.2) is 0 Å². The summed E-state index contributed by atoms with van der Waals surface area (Å²) < 4.78 is 0. The number of rotatable bonds is 14. The largest absolute Gasteiger partial charge is 0.0651 e. The Hall–Kier alpha value is 0. The van der Waals surface area contributed by atoms with Crippen molar-refractivity contribution in [2.75, 3.05) is 0 Å². The molecule has 20 aliphatic carbocycles. The van der Waals surface area contributed by atoms with Crippen LogP contribution in [-0.4, -0.2) is 0 Å². The molecule has 20 saturated carbocycles. The molecule has 16 bridgehead atoms. The highest BCUT2D eigenvalue weighted by Crippen LogP contribution is 2.59. The van der Waals surface area contributed by atoms with Gasteiger partial charge in [0, 0.05) is 0 Å². The van der Waals surface area contributed by atoms with Gasteiger partial charge in [-0.2, -0.15) is 0 Å². The van der Waals surface area contributed by atoms with Crippen LogP contribution in [0.5, 0.6) is 0 Å². The molecule has 708 valence electrons. The van der Waals surface area contributed by atoms with Crippen LogP contribution in [0.4, 0.5) is 0 Å². The van der Waals surface area contributed by atoms with Gasteiger partial charge in [0.1, 0.15) is 0 Å². The summed E-state index contributed by atoms with van der Waals surface area (Å²) in [4.78, 5) is 0. The Morgan fingerprint density at radius 2 is 0.352 bits per heavy atom. The standard InChI is InChI=1S/C18H32.C17H30.C16H28.C15H26.C15H28.2C14H26.C13H24/c1-13(2)17-9-14-8-15(10-17)12-18(11-14)16-6-4-3-5-7-16;1-12(2)16-8-13-7-14(9-16)11-17(10-13)15-5-3-4-6-15;1-11(2)15-7-12-6-13(8-15)10-16(9-12)14-4-3-5-14;1-10(2)14-6-11-5-12(7-14)9-15(8-11)13-3-4-13;1-10(2)14-6-12-5-13(7-14)9-15(8-12)11(3)4;1-10(2)13-6-11-5-12(7-13)9-14(3,4)8-11;1-4-11-5-12-7-13(6-11)9-14(8-12)10(2)3;1-9(2)13-7-11-4-10(3)5-12(6-11)8-13/h13-18H,3-12H2,1-2H3;12-17H,3-11H2,1-2H3;11-16H,3-10H2,1-2H3;10-15H,3-9H2,1-2H3;10-15H,5-9H2,1-4H3;10-13H,5-9H2,1-4H3;10-14H,4-9H2,1-3H3;9-13H,4-8H2,1-3H3/t14-,15+,17?,18?;13-,14+,16?,17?;12-,13+,15?,16?;11-,12+,14?,15?;;11-,12+,13?;11?,12-,13+,14?;10?,11-,12+,13?. The second kappa shape index (κ2) is 46.8. The number of hydrogen-bond donors (Lipinski definition) is 0. The van der Waals surface area contributed by atoms with Crippen molar-refractivity contribution in [1.29, 1.82) is 0 Å². The smallest absolute Gasteiger partial charge is 0.0349 e. The summed E-state index contributed by atoms with van der Waals surface area (Å²) in [6.45, 7) is 53.5. The zero-order valence-electron chi connectivity index (χ0n) is 86.8. The summed E-state index contributed by atoms with van der Waals surface area (Å²) >= 11 is 0. The highest BCUT2D eigenvalue weighted by atomic mass is 14.5. The van der Waals surface area contributed by atoms with Crippen molar-refractivity contribution in [2.24, 2.45) is 266 Å². The lowest BCUT2D eigenvalue weighted by Crippen LogP contribution is -2.36. The van der Waals surface area contributed by atoms with Crippen LogP contribution in [0.2, 0.25) is 0 Å². The molecule has 0 amide bonds. The minimum Gasteiger partial charge on any atom is -0.0651 e. The normalized spacial score (nSPS) is 43.3. The molecule has 0 aromatic carbocycles. The van der Waals surface area contributed by atoms with Gasteiger partial charge in [0.05, 0.1) is 0 Å². The van der Waals surface area contributed by atoms with Gasteiger partial charge in [-0.15, -0.1) is 0 Å². The third kappa shape index (κ3) is 29.5. The van der Waals surface area contributed by atoms with Gasteiger partial charge in [-0.3, -0.25) is 0 Å². The second-order valence-corrected chi connectivity index (χ2v) is 56.3. The van der Waals surface area contributed by atoms with Crippen LogP contribution in [-0.2, 0) is 0 Å². The zero-order chi connectivity index (χ0) is 86.8. The van der Waals surface area contributed by atoms with E-state index in [0.717, 1.165) is 254 Å². The zero-order valence-corrected chi connectivity index (χ0v) is 86.8. The van der Waals surface area contributed by atoms with Crippen LogP contribution in [0, 0.1) is 266 Å². The van der Waals surface area contributed by atoms with Crippen molar-refractivity contribution < 1.29 is 0 Å². The SMILES string of the molecule is CC(C)C1CC2CC(C1)CC(C(C)C)C2.CC(C)C1C[C@@H]2CC(C3CC3)C[C@H](C1)C2.CC(C)C1C[C@@H]2CC(C3CCC3)C[C@H](C1)C2.CC(C)C1C[C@@H]2CC(C3CCCC3)C[C@H](C1)C2.CC(C)C1C[C@@H]2CC(C3CCCCC3)C[C@H](C1)C2.CC(C)C1C[C@@H]2C[C@H](C1)CC(C)(C)C2.CC1C[C@@H]2CC(C(C)C)C[C@H](C1)C2.CCC1C[C@@H]2CC(C(C)C)C[C@H](C1)C2. The molecule has 20 rings (SSSR count). The molecule has 27 atom stereocenters. The highest BCUT2D eigenvalue weighted by molar-refractivity contribution is 4.99. The molecule has 13 unspecified atom stereocenters. The maximum Gasteiger partial charge on any atom is -0.0349 e. The molecule has 122 heavy (non-hydrogen) atoms. The van der Waals surface area contributed by atoms with Gasteiger partial charge in [-0.05, 0) is 535 Å². The summed E-state index contributed by atoms with van der Waals surface area (Å²) in [6, 6.07) is 0. The van der Waals surface area contributed by atoms with Crippen LogP contribution >= 0.6 is 0 Å². The van der Waals surface area contributed by atoms with E-state index in [1.165, 1.54) is 115 Å². The summed E-state index contributed by atoms with van der Waals surface area (Å²) in [5.74, 6) is 46.6. The maximum atomic E-state index is 2.47. The summed E-state index contributed by atoms with van der Waals surface area (Å²) in [6.07, 6.45) is 85.6. The fourth-order valence-electron chi connectivity index (χ4n) is 35.9. The van der Waals surface area contributed by atoms with Gasteiger partial charge in [0.2, 0.25) is 0 Å². The lowest BCUT2D eigenvalue weighted by molar-refractivity contribution is 0.0355. The van der Waals surface area contributed by atoms with E-state index in [-0.39, 0.29) is 0 Å². The molecule has 0 N–H and O–H groups in total. The molecule has 0 heterocycles. The van der Waals surface area contributed by atoms with Gasteiger partial charge in [-0.25, -0.2) is 0 Å². The van der Waals surface area contributed by atoms with Crippen LogP contribution < -0.4 is 0 Å². The lowest BCUT2D eigenvalue weighted by Gasteiger charge is -2.47. The van der Waals surface area contributed by atoms with E-state index >= 15 is 0 Å². The molecule has 0 heteroatoms. The van der Waals surface area contributed by atoms with E-state index in [4.69, 9.17) is 0 Å². The van der Waals surface area contributed by atoms with Crippen LogP contribution in [0.1, 0.15) is 505 Å².